The third-order valence-electron chi connectivity index (χ3n) is 4.78. The van der Waals surface area contributed by atoms with Crippen molar-refractivity contribution in [3.63, 3.8) is 0 Å². The van der Waals surface area contributed by atoms with E-state index in [1.807, 2.05) is 0 Å². The maximum atomic E-state index is 12.8. The minimum atomic E-state index is -1.06. The lowest BCUT2D eigenvalue weighted by Gasteiger charge is -2.22. The number of aliphatic hydroxyl groups is 4. The van der Waals surface area contributed by atoms with Gasteiger partial charge in [-0.15, -0.1) is 0 Å². The van der Waals surface area contributed by atoms with E-state index in [9.17, 15) is 19.7 Å². The molecule has 0 spiro atoms. The molecule has 1 fully saturated rings. The summed E-state index contributed by atoms with van der Waals surface area (Å²) >= 11 is 0. The monoisotopic (exact) mass is 341 g/mol. The molecule has 5 N–H and O–H groups in total. The average Bonchev–Trinajstić information content (AvgIpc) is 2.87. The molecule has 6 heteroatoms. The van der Waals surface area contributed by atoms with Gasteiger partial charge >= 0.3 is 0 Å². The molecule has 24 heavy (non-hydrogen) atoms. The van der Waals surface area contributed by atoms with Crippen molar-refractivity contribution < 1.29 is 24.8 Å². The van der Waals surface area contributed by atoms with Crippen LogP contribution in [0.25, 0.3) is 0 Å². The third kappa shape index (κ3) is 5.22. The molecule has 136 valence electrons. The van der Waals surface area contributed by atoms with E-state index >= 15 is 0 Å². The van der Waals surface area contributed by atoms with Gasteiger partial charge in [0.15, 0.2) is 0 Å². The summed E-state index contributed by atoms with van der Waals surface area (Å²) in [7, 11) is 0. The molecule has 2 rings (SSSR count). The van der Waals surface area contributed by atoms with Crippen molar-refractivity contribution >= 4 is 0 Å². The van der Waals surface area contributed by atoms with E-state index in [0.29, 0.717) is 6.42 Å². The Labute approximate surface area is 142 Å². The molecule has 0 unspecified atom stereocenters. The molecule has 1 heterocycles. The van der Waals surface area contributed by atoms with Crippen molar-refractivity contribution in [1.29, 1.82) is 0 Å². The van der Waals surface area contributed by atoms with Crippen LogP contribution in [-0.2, 0) is 6.42 Å². The molecule has 5 nitrogen and oxygen atoms in total. The number of hydrogen-bond acceptors (Lipinski definition) is 5. The molecule has 1 aromatic carbocycles. The average molecular weight is 341 g/mol. The van der Waals surface area contributed by atoms with Gasteiger partial charge in [-0.25, -0.2) is 4.39 Å². The van der Waals surface area contributed by atoms with E-state index in [0.717, 1.165) is 37.7 Å². The highest BCUT2D eigenvalue weighted by atomic mass is 19.1. The highest BCUT2D eigenvalue weighted by molar-refractivity contribution is 5.15. The summed E-state index contributed by atoms with van der Waals surface area (Å²) in [4.78, 5) is 0. The van der Waals surface area contributed by atoms with Gasteiger partial charge in [0.2, 0.25) is 0 Å². The molecule has 0 amide bonds. The van der Waals surface area contributed by atoms with Crippen molar-refractivity contribution in [2.75, 3.05) is 6.61 Å². The van der Waals surface area contributed by atoms with E-state index in [-0.39, 0.29) is 12.4 Å². The number of hydrogen-bond donors (Lipinski definition) is 5. The van der Waals surface area contributed by atoms with Crippen LogP contribution in [0.1, 0.15) is 37.7 Å². The van der Waals surface area contributed by atoms with E-state index in [1.54, 1.807) is 12.1 Å². The first-order valence-electron chi connectivity index (χ1n) is 8.68. The topological polar surface area (TPSA) is 93.0 Å². The molecule has 1 saturated heterocycles. The molecular formula is C18H28FNO4. The summed E-state index contributed by atoms with van der Waals surface area (Å²) in [5.74, 6) is -0.219. The van der Waals surface area contributed by atoms with Crippen LogP contribution in [0.3, 0.4) is 0 Å². The van der Waals surface area contributed by atoms with Gasteiger partial charge in [-0.3, -0.25) is 0 Å². The highest BCUT2D eigenvalue weighted by Gasteiger charge is 2.43. The number of benzene rings is 1. The fourth-order valence-electron chi connectivity index (χ4n) is 3.26. The Morgan fingerprint density at radius 2 is 1.67 bits per heavy atom. The Kier molecular flexibility index (Phi) is 7.58. The van der Waals surface area contributed by atoms with Crippen molar-refractivity contribution in [1.82, 2.24) is 5.32 Å². The standard InChI is InChI=1S/C18H28FNO4/c19-13-9-7-12(8-10-13)5-3-1-2-4-6-15(22)16-18(24)17(23)14(11-21)20-16/h7-10,14-18,20-24H,1-6,11H2/t14-,15+,16-,17-,18-/m1/s1. The molecule has 0 saturated carbocycles. The van der Waals surface area contributed by atoms with Crippen LogP contribution in [0.15, 0.2) is 24.3 Å². The Bertz CT molecular complexity index is 484. The number of rotatable bonds is 9. The van der Waals surface area contributed by atoms with Crippen LogP contribution in [0, 0.1) is 5.82 Å². The molecule has 0 aromatic heterocycles. The number of aliphatic hydroxyl groups excluding tert-OH is 4. The van der Waals surface area contributed by atoms with Crippen LogP contribution in [0.5, 0.6) is 0 Å². The van der Waals surface area contributed by atoms with Crippen LogP contribution < -0.4 is 5.32 Å². The first kappa shape index (κ1) is 19.3. The smallest absolute Gasteiger partial charge is 0.123 e. The largest absolute Gasteiger partial charge is 0.395 e. The van der Waals surface area contributed by atoms with Gasteiger partial charge < -0.3 is 25.7 Å². The zero-order valence-electron chi connectivity index (χ0n) is 13.8. The molecule has 1 aromatic rings. The third-order valence-corrected chi connectivity index (χ3v) is 4.78. The number of halogens is 1. The lowest BCUT2D eigenvalue weighted by Crippen LogP contribution is -2.44. The Morgan fingerprint density at radius 3 is 2.29 bits per heavy atom. The zero-order chi connectivity index (χ0) is 17.5. The van der Waals surface area contributed by atoms with Crippen molar-refractivity contribution in [3.05, 3.63) is 35.6 Å². The molecule has 0 radical (unpaired) electrons. The van der Waals surface area contributed by atoms with Gasteiger partial charge in [0, 0.05) is 0 Å². The van der Waals surface area contributed by atoms with Gasteiger partial charge in [-0.05, 0) is 37.0 Å². The first-order valence-corrected chi connectivity index (χ1v) is 8.68. The minimum Gasteiger partial charge on any atom is -0.395 e. The van der Waals surface area contributed by atoms with Crippen molar-refractivity contribution in [3.8, 4) is 0 Å². The van der Waals surface area contributed by atoms with E-state index in [2.05, 4.69) is 5.32 Å². The van der Waals surface area contributed by atoms with E-state index in [1.165, 1.54) is 12.1 Å². The second kappa shape index (κ2) is 9.44. The number of aryl methyl sites for hydroxylation is 1. The highest BCUT2D eigenvalue weighted by Crippen LogP contribution is 2.20. The number of nitrogens with one attached hydrogen (secondary N) is 1. The molecule has 1 aliphatic heterocycles. The molecule has 5 atom stereocenters. The molecule has 1 aliphatic rings. The zero-order valence-corrected chi connectivity index (χ0v) is 13.8. The predicted molar refractivity (Wildman–Crippen MR) is 89.0 cm³/mol. The lowest BCUT2D eigenvalue weighted by molar-refractivity contribution is -0.00443. The van der Waals surface area contributed by atoms with Crippen molar-refractivity contribution in [2.45, 2.75) is 68.9 Å². The quantitative estimate of drug-likeness (QED) is 0.427. The molecular weight excluding hydrogens is 313 g/mol. The van der Waals surface area contributed by atoms with Crippen LogP contribution in [-0.4, -0.2) is 57.4 Å². The van der Waals surface area contributed by atoms with Crippen LogP contribution in [0.4, 0.5) is 4.39 Å². The minimum absolute atomic E-state index is 0.219. The lowest BCUT2D eigenvalue weighted by atomic mass is 9.98. The van der Waals surface area contributed by atoms with Gasteiger partial charge in [0.05, 0.1) is 37.0 Å². The maximum absolute atomic E-state index is 12.8. The Morgan fingerprint density at radius 1 is 1.00 bits per heavy atom. The fraction of sp³-hybridized carbons (Fsp3) is 0.667. The SMILES string of the molecule is OC[C@H]1N[C@H]([C@@H](O)CCCCCCc2ccc(F)cc2)[C@@H](O)[C@@H]1O. The van der Waals surface area contributed by atoms with Gasteiger partial charge in [0.1, 0.15) is 5.82 Å². The fourth-order valence-corrected chi connectivity index (χ4v) is 3.26. The summed E-state index contributed by atoms with van der Waals surface area (Å²) in [6.45, 7) is -0.273. The van der Waals surface area contributed by atoms with Crippen LogP contribution >= 0.6 is 0 Å². The first-order chi connectivity index (χ1) is 11.5. The van der Waals surface area contributed by atoms with Gasteiger partial charge in [0.25, 0.3) is 0 Å². The van der Waals surface area contributed by atoms with Gasteiger partial charge in [-0.2, -0.15) is 0 Å². The summed E-state index contributed by atoms with van der Waals surface area (Å²) in [5, 5.41) is 41.8. The second-order valence-corrected chi connectivity index (χ2v) is 6.61. The van der Waals surface area contributed by atoms with Crippen LogP contribution in [0.2, 0.25) is 0 Å². The summed E-state index contributed by atoms with van der Waals surface area (Å²) in [6.07, 6.45) is 2.42. The summed E-state index contributed by atoms with van der Waals surface area (Å²) in [6, 6.07) is 5.36. The Balaban J connectivity index is 1.59. The second-order valence-electron chi connectivity index (χ2n) is 6.61. The normalized spacial score (nSPS) is 28.2. The predicted octanol–water partition coefficient (Wildman–Crippen LogP) is 0.734. The van der Waals surface area contributed by atoms with E-state index < -0.39 is 30.4 Å². The molecule has 0 aliphatic carbocycles. The number of unbranched alkanes of at least 4 members (excludes halogenated alkanes) is 3. The summed E-state index contributed by atoms with van der Waals surface area (Å²) in [5.41, 5.74) is 1.12. The molecule has 0 bridgehead atoms. The van der Waals surface area contributed by atoms with E-state index in [4.69, 9.17) is 5.11 Å². The van der Waals surface area contributed by atoms with Gasteiger partial charge in [-0.1, -0.05) is 31.4 Å². The van der Waals surface area contributed by atoms with Crippen molar-refractivity contribution in [2.24, 2.45) is 0 Å². The Hall–Kier alpha value is -1.05. The summed E-state index contributed by atoms with van der Waals surface area (Å²) < 4.78 is 12.8. The maximum Gasteiger partial charge on any atom is 0.123 e.